The fourth-order valence-corrected chi connectivity index (χ4v) is 2.65. The molecule has 1 aromatic carbocycles. The van der Waals surface area contributed by atoms with E-state index in [2.05, 4.69) is 29.4 Å². The van der Waals surface area contributed by atoms with Crippen molar-refractivity contribution in [2.24, 2.45) is 0 Å². The Kier molecular flexibility index (Phi) is 6.69. The average Bonchev–Trinajstić information content (AvgIpc) is 2.54. The molecule has 1 aliphatic rings. The molecule has 0 unspecified atom stereocenters. The summed E-state index contributed by atoms with van der Waals surface area (Å²) in [7, 11) is 0. The smallest absolute Gasteiger partial charge is 0.314 e. The first-order valence-corrected chi connectivity index (χ1v) is 8.43. The number of hydrogen-bond acceptors (Lipinski definition) is 3. The summed E-state index contributed by atoms with van der Waals surface area (Å²) >= 11 is 5.92. The van der Waals surface area contributed by atoms with E-state index in [1.165, 1.54) is 0 Å². The molecule has 0 aliphatic carbocycles. The maximum absolute atomic E-state index is 11.9. The second-order valence-electron chi connectivity index (χ2n) is 6.45. The van der Waals surface area contributed by atoms with Gasteiger partial charge in [-0.3, -0.25) is 4.90 Å². The standard InChI is InChI=1S/C17H26ClN3O2/c1-17(2,14-3-5-15(18)6-4-14)13-20-16(22)19-7-8-21-9-11-23-12-10-21/h3-6H,7-13H2,1-2H3,(H2,19,20,22). The summed E-state index contributed by atoms with van der Waals surface area (Å²) in [6, 6.07) is 7.63. The SMILES string of the molecule is CC(C)(CNC(=O)NCCN1CCOCC1)c1ccc(Cl)cc1. The zero-order valence-corrected chi connectivity index (χ0v) is 14.7. The number of carbonyl (C=O) groups excluding carboxylic acids is 1. The minimum atomic E-state index is -0.147. The second-order valence-corrected chi connectivity index (χ2v) is 6.89. The summed E-state index contributed by atoms with van der Waals surface area (Å²) in [5.74, 6) is 0. The third kappa shape index (κ3) is 6.01. The molecule has 0 aromatic heterocycles. The molecule has 0 spiro atoms. The molecule has 0 radical (unpaired) electrons. The van der Waals surface area contributed by atoms with Gasteiger partial charge in [0.25, 0.3) is 0 Å². The maximum Gasteiger partial charge on any atom is 0.314 e. The van der Waals surface area contributed by atoms with Crippen molar-refractivity contribution >= 4 is 17.6 Å². The minimum absolute atomic E-state index is 0.125. The van der Waals surface area contributed by atoms with Gasteiger partial charge < -0.3 is 15.4 Å². The molecule has 23 heavy (non-hydrogen) atoms. The minimum Gasteiger partial charge on any atom is -0.379 e. The fraction of sp³-hybridized carbons (Fsp3) is 0.588. The lowest BCUT2D eigenvalue weighted by molar-refractivity contribution is 0.0387. The summed E-state index contributed by atoms with van der Waals surface area (Å²) in [6.07, 6.45) is 0. The van der Waals surface area contributed by atoms with Gasteiger partial charge in [0.05, 0.1) is 13.2 Å². The molecule has 0 atom stereocenters. The van der Waals surface area contributed by atoms with E-state index >= 15 is 0 Å². The first-order chi connectivity index (χ1) is 11.0. The van der Waals surface area contributed by atoms with Gasteiger partial charge in [-0.25, -0.2) is 4.79 Å². The van der Waals surface area contributed by atoms with Crippen molar-refractivity contribution in [3.05, 3.63) is 34.9 Å². The number of nitrogens with zero attached hydrogens (tertiary/aromatic N) is 1. The second kappa shape index (κ2) is 8.52. The van der Waals surface area contributed by atoms with Crippen LogP contribution in [-0.4, -0.2) is 56.9 Å². The highest BCUT2D eigenvalue weighted by Gasteiger charge is 2.21. The van der Waals surface area contributed by atoms with Crippen LogP contribution in [-0.2, 0) is 10.2 Å². The van der Waals surface area contributed by atoms with Gasteiger partial charge >= 0.3 is 6.03 Å². The van der Waals surface area contributed by atoms with Crippen molar-refractivity contribution in [1.29, 1.82) is 0 Å². The highest BCUT2D eigenvalue weighted by molar-refractivity contribution is 6.30. The lowest BCUT2D eigenvalue weighted by atomic mass is 9.85. The third-order valence-electron chi connectivity index (χ3n) is 4.13. The van der Waals surface area contributed by atoms with Crippen molar-refractivity contribution in [2.45, 2.75) is 19.3 Å². The molecule has 128 valence electrons. The largest absolute Gasteiger partial charge is 0.379 e. The van der Waals surface area contributed by atoms with Crippen LogP contribution in [0.25, 0.3) is 0 Å². The molecule has 5 nitrogen and oxygen atoms in total. The Morgan fingerprint density at radius 2 is 1.87 bits per heavy atom. The number of benzene rings is 1. The summed E-state index contributed by atoms with van der Waals surface area (Å²) < 4.78 is 5.30. The van der Waals surface area contributed by atoms with Crippen molar-refractivity contribution in [1.82, 2.24) is 15.5 Å². The normalized spacial score (nSPS) is 16.1. The number of ether oxygens (including phenoxy) is 1. The molecular formula is C17H26ClN3O2. The molecule has 0 bridgehead atoms. The van der Waals surface area contributed by atoms with Gasteiger partial charge in [0, 0.05) is 43.2 Å². The van der Waals surface area contributed by atoms with E-state index in [1.54, 1.807) is 0 Å². The van der Waals surface area contributed by atoms with E-state index in [-0.39, 0.29) is 11.4 Å². The Hall–Kier alpha value is -1.30. The number of carbonyl (C=O) groups is 1. The number of amides is 2. The molecular weight excluding hydrogens is 314 g/mol. The molecule has 6 heteroatoms. The lowest BCUT2D eigenvalue weighted by Crippen LogP contribution is -2.46. The zero-order valence-electron chi connectivity index (χ0n) is 13.9. The van der Waals surface area contributed by atoms with Gasteiger partial charge in [0.1, 0.15) is 0 Å². The van der Waals surface area contributed by atoms with E-state index in [0.29, 0.717) is 13.1 Å². The Morgan fingerprint density at radius 3 is 2.52 bits per heavy atom. The van der Waals surface area contributed by atoms with Gasteiger partial charge in [0.15, 0.2) is 0 Å². The van der Waals surface area contributed by atoms with Crippen molar-refractivity contribution < 1.29 is 9.53 Å². The number of morpholine rings is 1. The number of rotatable bonds is 6. The molecule has 1 heterocycles. The average molecular weight is 340 g/mol. The van der Waals surface area contributed by atoms with Gasteiger partial charge in [0.2, 0.25) is 0 Å². The first-order valence-electron chi connectivity index (χ1n) is 8.05. The molecule has 1 aromatic rings. The van der Waals surface area contributed by atoms with Crippen molar-refractivity contribution in [3.8, 4) is 0 Å². The van der Waals surface area contributed by atoms with Crippen molar-refractivity contribution in [3.63, 3.8) is 0 Å². The van der Waals surface area contributed by atoms with E-state index in [0.717, 1.165) is 43.4 Å². The van der Waals surface area contributed by atoms with Crippen LogP contribution in [0.2, 0.25) is 5.02 Å². The van der Waals surface area contributed by atoms with Crippen molar-refractivity contribution in [2.75, 3.05) is 45.9 Å². The van der Waals surface area contributed by atoms with Gasteiger partial charge in [-0.1, -0.05) is 37.6 Å². The Morgan fingerprint density at radius 1 is 1.22 bits per heavy atom. The van der Waals surface area contributed by atoms with E-state index in [9.17, 15) is 4.79 Å². The molecule has 2 rings (SSSR count). The molecule has 1 aliphatic heterocycles. The summed E-state index contributed by atoms with van der Waals surface area (Å²) in [5, 5.41) is 6.58. The summed E-state index contributed by atoms with van der Waals surface area (Å²) in [5.41, 5.74) is 1.00. The van der Waals surface area contributed by atoms with Crippen LogP contribution in [0.5, 0.6) is 0 Å². The van der Waals surface area contributed by atoms with Crippen LogP contribution >= 0.6 is 11.6 Å². The quantitative estimate of drug-likeness (QED) is 0.835. The predicted molar refractivity (Wildman–Crippen MR) is 93.1 cm³/mol. The summed E-state index contributed by atoms with van der Waals surface area (Å²) in [4.78, 5) is 14.2. The van der Waals surface area contributed by atoms with Gasteiger partial charge in [-0.05, 0) is 17.7 Å². The van der Waals surface area contributed by atoms with E-state index in [4.69, 9.17) is 16.3 Å². The monoisotopic (exact) mass is 339 g/mol. The Labute approximate surface area is 143 Å². The van der Waals surface area contributed by atoms with Crippen LogP contribution in [0, 0.1) is 0 Å². The molecule has 1 fully saturated rings. The van der Waals surface area contributed by atoms with Crippen LogP contribution in [0.4, 0.5) is 4.79 Å². The zero-order chi connectivity index (χ0) is 16.7. The fourth-order valence-electron chi connectivity index (χ4n) is 2.52. The van der Waals surface area contributed by atoms with Gasteiger partial charge in [-0.2, -0.15) is 0 Å². The maximum atomic E-state index is 11.9. The summed E-state index contributed by atoms with van der Waals surface area (Å²) in [6.45, 7) is 9.71. The topological polar surface area (TPSA) is 53.6 Å². The number of hydrogen-bond donors (Lipinski definition) is 2. The third-order valence-corrected chi connectivity index (χ3v) is 4.39. The highest BCUT2D eigenvalue weighted by atomic mass is 35.5. The van der Waals surface area contributed by atoms with E-state index in [1.807, 2.05) is 24.3 Å². The first kappa shape index (κ1) is 18.0. The molecule has 2 amide bonds. The van der Waals surface area contributed by atoms with Crippen LogP contribution in [0.3, 0.4) is 0 Å². The van der Waals surface area contributed by atoms with Gasteiger partial charge in [-0.15, -0.1) is 0 Å². The van der Waals surface area contributed by atoms with E-state index < -0.39 is 0 Å². The number of nitrogens with one attached hydrogen (secondary N) is 2. The van der Waals surface area contributed by atoms with Crippen LogP contribution in [0.1, 0.15) is 19.4 Å². The predicted octanol–water partition coefficient (Wildman–Crippen LogP) is 2.25. The number of urea groups is 1. The molecule has 2 N–H and O–H groups in total. The Balaban J connectivity index is 1.69. The highest BCUT2D eigenvalue weighted by Crippen LogP contribution is 2.23. The number of halogens is 1. The Bertz CT molecular complexity index is 499. The lowest BCUT2D eigenvalue weighted by Gasteiger charge is -2.27. The van der Waals surface area contributed by atoms with Crippen LogP contribution in [0.15, 0.2) is 24.3 Å². The van der Waals surface area contributed by atoms with Crippen LogP contribution < -0.4 is 10.6 Å². The molecule has 1 saturated heterocycles. The molecule has 0 saturated carbocycles.